The number of aliphatic hydroxyl groups is 1. The number of benzene rings is 1. The predicted octanol–water partition coefficient (Wildman–Crippen LogP) is 2.25. The Hall–Kier alpha value is -1.72. The van der Waals surface area contributed by atoms with Gasteiger partial charge in [0.15, 0.2) is 9.84 Å². The van der Waals surface area contributed by atoms with E-state index < -0.39 is 15.9 Å². The van der Waals surface area contributed by atoms with Gasteiger partial charge < -0.3 is 5.11 Å². The summed E-state index contributed by atoms with van der Waals surface area (Å²) >= 11 is 0. The topological polar surface area (TPSA) is 67.3 Å². The highest BCUT2D eigenvalue weighted by Gasteiger charge is 2.31. The van der Waals surface area contributed by atoms with Crippen LogP contribution in [-0.2, 0) is 16.3 Å². The van der Waals surface area contributed by atoms with Crippen LogP contribution >= 0.6 is 0 Å². The van der Waals surface area contributed by atoms with Gasteiger partial charge in [0, 0.05) is 24.1 Å². The number of aromatic nitrogens is 1. The maximum Gasteiger partial charge on any atom is 0.175 e. The van der Waals surface area contributed by atoms with E-state index in [2.05, 4.69) is 4.98 Å². The molecule has 21 heavy (non-hydrogen) atoms. The first kappa shape index (κ1) is 14.2. The van der Waals surface area contributed by atoms with Crippen LogP contribution in [0.5, 0.6) is 0 Å². The van der Waals surface area contributed by atoms with Gasteiger partial charge in [-0.15, -0.1) is 0 Å². The van der Waals surface area contributed by atoms with Crippen LogP contribution in [0.3, 0.4) is 0 Å². The van der Waals surface area contributed by atoms with Gasteiger partial charge in [0.25, 0.3) is 0 Å². The molecule has 110 valence electrons. The monoisotopic (exact) mass is 303 g/mol. The van der Waals surface area contributed by atoms with Crippen LogP contribution < -0.4 is 0 Å². The highest BCUT2D eigenvalue weighted by molar-refractivity contribution is 7.90. The lowest BCUT2D eigenvalue weighted by Crippen LogP contribution is -2.10. The van der Waals surface area contributed by atoms with E-state index in [1.165, 1.54) is 11.8 Å². The highest BCUT2D eigenvalue weighted by atomic mass is 32.2. The number of hydrogen-bond acceptors (Lipinski definition) is 4. The van der Waals surface area contributed by atoms with Crippen molar-refractivity contribution in [3.05, 3.63) is 59.4 Å². The molecule has 2 atom stereocenters. The molecule has 0 aliphatic heterocycles. The fraction of sp³-hybridized carbons (Fsp3) is 0.312. The molecular weight excluding hydrogens is 286 g/mol. The zero-order valence-corrected chi connectivity index (χ0v) is 12.5. The van der Waals surface area contributed by atoms with E-state index in [1.807, 2.05) is 12.1 Å². The highest BCUT2D eigenvalue weighted by Crippen LogP contribution is 2.40. The molecule has 0 saturated heterocycles. The van der Waals surface area contributed by atoms with Crippen molar-refractivity contribution in [3.8, 4) is 0 Å². The van der Waals surface area contributed by atoms with Crippen LogP contribution in [0, 0.1) is 0 Å². The Morgan fingerprint density at radius 2 is 2.10 bits per heavy atom. The van der Waals surface area contributed by atoms with Crippen molar-refractivity contribution in [2.24, 2.45) is 0 Å². The summed E-state index contributed by atoms with van der Waals surface area (Å²) in [5, 5.41) is 10.6. The van der Waals surface area contributed by atoms with E-state index in [4.69, 9.17) is 0 Å². The zero-order chi connectivity index (χ0) is 15.0. The second kappa shape index (κ2) is 5.24. The molecule has 0 spiro atoms. The lowest BCUT2D eigenvalue weighted by Gasteiger charge is -2.19. The van der Waals surface area contributed by atoms with E-state index in [9.17, 15) is 13.5 Å². The molecule has 2 unspecified atom stereocenters. The Bertz CT molecular complexity index is 771. The molecule has 4 nitrogen and oxygen atoms in total. The van der Waals surface area contributed by atoms with Crippen molar-refractivity contribution in [2.75, 3.05) is 6.26 Å². The van der Waals surface area contributed by atoms with E-state index >= 15 is 0 Å². The molecule has 0 saturated carbocycles. The number of fused-ring (bicyclic) bond motifs is 1. The van der Waals surface area contributed by atoms with Crippen LogP contribution in [0.25, 0.3) is 0 Å². The number of nitrogens with zero attached hydrogens (tertiary/aromatic N) is 1. The summed E-state index contributed by atoms with van der Waals surface area (Å²) in [6, 6.07) is 10.5. The molecule has 1 aromatic heterocycles. The van der Waals surface area contributed by atoms with Gasteiger partial charge in [-0.3, -0.25) is 4.98 Å². The van der Waals surface area contributed by atoms with E-state index in [0.29, 0.717) is 5.56 Å². The van der Waals surface area contributed by atoms with E-state index in [-0.39, 0.29) is 10.8 Å². The number of sulfone groups is 1. The number of rotatable bonds is 3. The second-order valence-corrected chi connectivity index (χ2v) is 7.50. The number of aryl methyl sites for hydroxylation is 1. The molecule has 3 rings (SSSR count). The third-order valence-corrected chi connectivity index (χ3v) is 5.12. The van der Waals surface area contributed by atoms with Crippen molar-refractivity contribution in [1.82, 2.24) is 4.98 Å². The molecule has 1 heterocycles. The fourth-order valence-corrected chi connectivity index (χ4v) is 3.59. The fourth-order valence-electron chi connectivity index (χ4n) is 2.91. The Labute approximate surface area is 124 Å². The summed E-state index contributed by atoms with van der Waals surface area (Å²) in [7, 11) is -3.27. The van der Waals surface area contributed by atoms with E-state index in [1.54, 1.807) is 30.5 Å². The van der Waals surface area contributed by atoms with Gasteiger partial charge >= 0.3 is 0 Å². The third-order valence-electron chi connectivity index (χ3n) is 4.01. The van der Waals surface area contributed by atoms with Crippen LogP contribution in [0.2, 0.25) is 0 Å². The summed E-state index contributed by atoms with van der Waals surface area (Å²) < 4.78 is 23.3. The molecule has 2 aromatic rings. The number of pyridine rings is 1. The zero-order valence-electron chi connectivity index (χ0n) is 11.7. The Morgan fingerprint density at radius 3 is 2.86 bits per heavy atom. The standard InChI is InChI=1S/C16H17NO3S/c1-21(19,20)13-6-2-4-12(10-13)16(18)14-8-7-11-5-3-9-17-15(11)14/h2-6,9-10,14,16,18H,7-8H2,1H3. The minimum Gasteiger partial charge on any atom is -0.388 e. The molecule has 0 bridgehead atoms. The molecular formula is C16H17NO3S. The molecule has 1 N–H and O–H groups in total. The molecule has 1 aliphatic carbocycles. The van der Waals surface area contributed by atoms with E-state index in [0.717, 1.165) is 18.5 Å². The third kappa shape index (κ3) is 2.71. The molecule has 0 fully saturated rings. The first-order valence-corrected chi connectivity index (χ1v) is 8.78. The largest absolute Gasteiger partial charge is 0.388 e. The number of hydrogen-bond donors (Lipinski definition) is 1. The lowest BCUT2D eigenvalue weighted by molar-refractivity contribution is 0.143. The van der Waals surface area contributed by atoms with Gasteiger partial charge in [-0.1, -0.05) is 18.2 Å². The van der Waals surface area contributed by atoms with Gasteiger partial charge in [0.1, 0.15) is 0 Å². The molecule has 5 heteroatoms. The molecule has 0 amide bonds. The molecule has 1 aromatic carbocycles. The van der Waals surface area contributed by atoms with Gasteiger partial charge in [-0.25, -0.2) is 8.42 Å². The molecule has 0 radical (unpaired) electrons. The Morgan fingerprint density at radius 1 is 1.29 bits per heavy atom. The average molecular weight is 303 g/mol. The van der Waals surface area contributed by atoms with Crippen molar-refractivity contribution in [1.29, 1.82) is 0 Å². The van der Waals surface area contributed by atoms with Crippen LogP contribution in [0.1, 0.15) is 35.3 Å². The Kier molecular flexibility index (Phi) is 3.55. The summed E-state index contributed by atoms with van der Waals surface area (Å²) in [5.74, 6) is -0.0731. The van der Waals surface area contributed by atoms with Crippen LogP contribution in [0.15, 0.2) is 47.5 Å². The molecule has 1 aliphatic rings. The Balaban J connectivity index is 1.95. The smallest absolute Gasteiger partial charge is 0.175 e. The maximum atomic E-state index is 11.6. The van der Waals surface area contributed by atoms with Gasteiger partial charge in [-0.05, 0) is 42.2 Å². The van der Waals surface area contributed by atoms with Crippen molar-refractivity contribution in [2.45, 2.75) is 29.8 Å². The first-order valence-electron chi connectivity index (χ1n) is 6.88. The quantitative estimate of drug-likeness (QED) is 0.944. The average Bonchev–Trinajstić information content (AvgIpc) is 2.90. The lowest BCUT2D eigenvalue weighted by atomic mass is 9.93. The van der Waals surface area contributed by atoms with Crippen molar-refractivity contribution >= 4 is 9.84 Å². The SMILES string of the molecule is CS(=O)(=O)c1cccc(C(O)C2CCc3cccnc32)c1. The summed E-state index contributed by atoms with van der Waals surface area (Å²) in [4.78, 5) is 4.61. The number of aliphatic hydroxyl groups excluding tert-OH is 1. The minimum absolute atomic E-state index is 0.0731. The summed E-state index contributed by atoms with van der Waals surface area (Å²) in [6.45, 7) is 0. The first-order chi connectivity index (χ1) is 9.97. The van der Waals surface area contributed by atoms with Crippen molar-refractivity contribution in [3.63, 3.8) is 0 Å². The second-order valence-electron chi connectivity index (χ2n) is 5.48. The van der Waals surface area contributed by atoms with Crippen molar-refractivity contribution < 1.29 is 13.5 Å². The van der Waals surface area contributed by atoms with Crippen LogP contribution in [0.4, 0.5) is 0 Å². The summed E-state index contributed by atoms with van der Waals surface area (Å²) in [6.07, 6.45) is 3.90. The predicted molar refractivity (Wildman–Crippen MR) is 79.8 cm³/mol. The van der Waals surface area contributed by atoms with Gasteiger partial charge in [0.05, 0.1) is 11.0 Å². The van der Waals surface area contributed by atoms with Crippen LogP contribution in [-0.4, -0.2) is 24.8 Å². The maximum absolute atomic E-state index is 11.6. The van der Waals surface area contributed by atoms with Gasteiger partial charge in [-0.2, -0.15) is 0 Å². The minimum atomic E-state index is -3.27. The normalized spacial score (nSPS) is 19.2. The van der Waals surface area contributed by atoms with Gasteiger partial charge in [0.2, 0.25) is 0 Å². The summed E-state index contributed by atoms with van der Waals surface area (Å²) in [5.41, 5.74) is 2.72.